The average Bonchev–Trinajstić information content (AvgIpc) is 2.86. The molecule has 0 atom stereocenters. The van der Waals surface area contributed by atoms with E-state index in [0.717, 1.165) is 17.8 Å². The largest absolute Gasteiger partial charge is 0.481 e. The second-order valence-electron chi connectivity index (χ2n) is 5.10. The monoisotopic (exact) mass is 285 g/mol. The number of hydrogen-bond donors (Lipinski definition) is 1. The van der Waals surface area contributed by atoms with E-state index in [9.17, 15) is 9.90 Å². The smallest absolute Gasteiger partial charge is 0.315 e. The lowest BCUT2D eigenvalue weighted by Gasteiger charge is -2.29. The molecule has 1 aromatic heterocycles. The number of hydrogen-bond acceptors (Lipinski definition) is 4. The molecule has 0 aliphatic heterocycles. The highest BCUT2D eigenvalue weighted by atomic mass is 32.1. The first-order valence-corrected chi connectivity index (χ1v) is 7.55. The summed E-state index contributed by atoms with van der Waals surface area (Å²) in [5.74, 6) is -0.862. The SMILES string of the molecule is CCOC(CC)(CC)c1nc(C(C)(C)C(=O)O)cs1. The van der Waals surface area contributed by atoms with E-state index >= 15 is 0 Å². The Morgan fingerprint density at radius 2 is 1.95 bits per heavy atom. The van der Waals surface area contributed by atoms with Gasteiger partial charge in [-0.1, -0.05) is 13.8 Å². The van der Waals surface area contributed by atoms with Crippen LogP contribution in [-0.4, -0.2) is 22.7 Å². The summed E-state index contributed by atoms with van der Waals surface area (Å²) in [6, 6.07) is 0. The van der Waals surface area contributed by atoms with Gasteiger partial charge in [0.2, 0.25) is 0 Å². The van der Waals surface area contributed by atoms with E-state index in [4.69, 9.17) is 4.74 Å². The number of ether oxygens (including phenoxy) is 1. The minimum Gasteiger partial charge on any atom is -0.481 e. The summed E-state index contributed by atoms with van der Waals surface area (Å²) < 4.78 is 5.90. The second-order valence-corrected chi connectivity index (χ2v) is 5.96. The molecule has 0 aliphatic rings. The third-order valence-corrected chi connectivity index (χ3v) is 4.66. The van der Waals surface area contributed by atoms with Gasteiger partial charge in [0.15, 0.2) is 0 Å². The Labute approximate surface area is 118 Å². The van der Waals surface area contributed by atoms with Crippen LogP contribution in [-0.2, 0) is 20.5 Å². The van der Waals surface area contributed by atoms with Gasteiger partial charge in [-0.25, -0.2) is 4.98 Å². The van der Waals surface area contributed by atoms with Gasteiger partial charge in [-0.2, -0.15) is 0 Å². The van der Waals surface area contributed by atoms with Gasteiger partial charge in [0.05, 0.1) is 5.69 Å². The normalized spacial score (nSPS) is 12.7. The number of aliphatic carboxylic acids is 1. The second kappa shape index (κ2) is 6.01. The Morgan fingerprint density at radius 1 is 1.37 bits per heavy atom. The average molecular weight is 285 g/mol. The Morgan fingerprint density at radius 3 is 2.37 bits per heavy atom. The van der Waals surface area contributed by atoms with E-state index in [-0.39, 0.29) is 5.60 Å². The first-order chi connectivity index (χ1) is 8.84. The van der Waals surface area contributed by atoms with Gasteiger partial charge in [0.1, 0.15) is 16.0 Å². The molecule has 0 aromatic carbocycles. The van der Waals surface area contributed by atoms with Crippen LogP contribution in [0.25, 0.3) is 0 Å². The summed E-state index contributed by atoms with van der Waals surface area (Å²) in [5.41, 5.74) is -0.744. The minimum atomic E-state index is -0.964. The third-order valence-electron chi connectivity index (χ3n) is 3.63. The van der Waals surface area contributed by atoms with Crippen LogP contribution in [0.15, 0.2) is 5.38 Å². The van der Waals surface area contributed by atoms with Crippen LogP contribution in [0.4, 0.5) is 0 Å². The van der Waals surface area contributed by atoms with E-state index in [1.807, 2.05) is 12.3 Å². The molecule has 1 aromatic rings. The quantitative estimate of drug-likeness (QED) is 0.832. The molecule has 1 heterocycles. The van der Waals surface area contributed by atoms with E-state index in [1.165, 1.54) is 11.3 Å². The number of carboxylic acids is 1. The van der Waals surface area contributed by atoms with Crippen molar-refractivity contribution in [2.45, 2.75) is 58.5 Å². The van der Waals surface area contributed by atoms with Gasteiger partial charge in [0, 0.05) is 12.0 Å². The molecule has 0 amide bonds. The van der Waals surface area contributed by atoms with Crippen molar-refractivity contribution >= 4 is 17.3 Å². The number of carboxylic acid groups (broad SMARTS) is 1. The zero-order valence-electron chi connectivity index (χ0n) is 12.3. The lowest BCUT2D eigenvalue weighted by molar-refractivity contribution is -0.142. The zero-order valence-corrected chi connectivity index (χ0v) is 13.1. The number of thiazole rings is 1. The molecule has 0 unspecified atom stereocenters. The van der Waals surface area contributed by atoms with Gasteiger partial charge in [-0.3, -0.25) is 4.79 Å². The van der Waals surface area contributed by atoms with E-state index in [1.54, 1.807) is 13.8 Å². The Bertz CT molecular complexity index is 436. The van der Waals surface area contributed by atoms with Crippen molar-refractivity contribution < 1.29 is 14.6 Å². The van der Waals surface area contributed by atoms with Gasteiger partial charge in [-0.15, -0.1) is 11.3 Å². The summed E-state index contributed by atoms with van der Waals surface area (Å²) >= 11 is 1.49. The van der Waals surface area contributed by atoms with Crippen LogP contribution < -0.4 is 0 Å². The highest BCUT2D eigenvalue weighted by molar-refractivity contribution is 7.09. The maximum Gasteiger partial charge on any atom is 0.315 e. The molecule has 0 saturated heterocycles. The molecule has 0 aliphatic carbocycles. The molecule has 0 radical (unpaired) electrons. The number of rotatable bonds is 7. The Kier molecular flexibility index (Phi) is 5.10. The molecule has 0 spiro atoms. The van der Waals surface area contributed by atoms with Gasteiger partial charge in [0.25, 0.3) is 0 Å². The predicted octanol–water partition coefficient (Wildman–Crippen LogP) is 3.56. The fourth-order valence-electron chi connectivity index (χ4n) is 1.97. The van der Waals surface area contributed by atoms with Gasteiger partial charge >= 0.3 is 5.97 Å². The van der Waals surface area contributed by atoms with Crippen LogP contribution in [0, 0.1) is 0 Å². The van der Waals surface area contributed by atoms with Crippen LogP contribution in [0.1, 0.15) is 58.2 Å². The van der Waals surface area contributed by atoms with Crippen LogP contribution in [0.2, 0.25) is 0 Å². The molecule has 0 bridgehead atoms. The van der Waals surface area contributed by atoms with E-state index in [0.29, 0.717) is 12.3 Å². The highest BCUT2D eigenvalue weighted by Gasteiger charge is 2.37. The summed E-state index contributed by atoms with van der Waals surface area (Å²) in [6.45, 7) is 10.1. The van der Waals surface area contributed by atoms with Crippen molar-refractivity contribution in [1.82, 2.24) is 4.98 Å². The molecule has 0 saturated carbocycles. The minimum absolute atomic E-state index is 0.383. The molecular weight excluding hydrogens is 262 g/mol. The maximum absolute atomic E-state index is 11.3. The molecule has 19 heavy (non-hydrogen) atoms. The summed E-state index contributed by atoms with van der Waals surface area (Å²) in [7, 11) is 0. The van der Waals surface area contributed by atoms with Crippen molar-refractivity contribution in [3.05, 3.63) is 16.1 Å². The third kappa shape index (κ3) is 2.98. The van der Waals surface area contributed by atoms with Crippen molar-refractivity contribution in [3.63, 3.8) is 0 Å². The standard InChI is InChI=1S/C14H23NO3S/c1-6-14(7-2,18-8-3)11-15-10(9-19-11)13(4,5)12(16)17/h9H,6-8H2,1-5H3,(H,16,17). The highest BCUT2D eigenvalue weighted by Crippen LogP contribution is 2.37. The molecule has 1 rings (SSSR count). The Hall–Kier alpha value is -0.940. The first kappa shape index (κ1) is 16.1. The maximum atomic E-state index is 11.3. The van der Waals surface area contributed by atoms with Crippen molar-refractivity contribution in [3.8, 4) is 0 Å². The fourth-order valence-corrected chi connectivity index (χ4v) is 3.26. The van der Waals surface area contributed by atoms with Crippen LogP contribution in [0.3, 0.4) is 0 Å². The number of nitrogens with zero attached hydrogens (tertiary/aromatic N) is 1. The van der Waals surface area contributed by atoms with Crippen molar-refractivity contribution in [2.24, 2.45) is 0 Å². The molecule has 108 valence electrons. The van der Waals surface area contributed by atoms with Crippen LogP contribution in [0.5, 0.6) is 0 Å². The lowest BCUT2D eigenvalue weighted by atomic mass is 9.90. The molecule has 0 fully saturated rings. The lowest BCUT2D eigenvalue weighted by Crippen LogP contribution is -2.31. The van der Waals surface area contributed by atoms with Gasteiger partial charge in [-0.05, 0) is 33.6 Å². The van der Waals surface area contributed by atoms with E-state index in [2.05, 4.69) is 18.8 Å². The first-order valence-electron chi connectivity index (χ1n) is 6.67. The fraction of sp³-hybridized carbons (Fsp3) is 0.714. The van der Waals surface area contributed by atoms with Gasteiger partial charge < -0.3 is 9.84 Å². The predicted molar refractivity (Wildman–Crippen MR) is 76.7 cm³/mol. The summed E-state index contributed by atoms with van der Waals surface area (Å²) in [4.78, 5) is 15.8. The van der Waals surface area contributed by atoms with E-state index < -0.39 is 11.4 Å². The summed E-state index contributed by atoms with van der Waals surface area (Å²) in [6.07, 6.45) is 1.66. The molecule has 5 heteroatoms. The topological polar surface area (TPSA) is 59.4 Å². The number of carbonyl (C=O) groups is 1. The molecular formula is C14H23NO3S. The van der Waals surface area contributed by atoms with Crippen molar-refractivity contribution in [1.29, 1.82) is 0 Å². The molecule has 1 N–H and O–H groups in total. The Balaban J connectivity index is 3.17. The zero-order chi connectivity index (χ0) is 14.7. The summed E-state index contributed by atoms with van der Waals surface area (Å²) in [5, 5.41) is 12.0. The van der Waals surface area contributed by atoms with Crippen LogP contribution >= 0.6 is 11.3 Å². The number of aromatic nitrogens is 1. The molecule has 4 nitrogen and oxygen atoms in total. The van der Waals surface area contributed by atoms with Crippen molar-refractivity contribution in [2.75, 3.05) is 6.61 Å².